The zero-order valence-corrected chi connectivity index (χ0v) is 8.60. The first-order valence-corrected chi connectivity index (χ1v) is 5.28. The smallest absolute Gasteiger partial charge is 0.153 e. The molecule has 0 aromatic heterocycles. The first-order chi connectivity index (χ1) is 6.24. The molecule has 0 amide bonds. The van der Waals surface area contributed by atoms with Gasteiger partial charge in [0.1, 0.15) is 0 Å². The number of thioether (sulfide) groups is 1. The second kappa shape index (κ2) is 4.87. The van der Waals surface area contributed by atoms with Gasteiger partial charge in [-0.3, -0.25) is 4.79 Å². The summed E-state index contributed by atoms with van der Waals surface area (Å²) >= 11 is 1.59. The standard InChI is InChI=1S/C11H12OS/c1-9(12)8-11(13-2)10-6-4-3-5-7-10/h3-8H,1-2H3/b11-8-. The van der Waals surface area contributed by atoms with E-state index < -0.39 is 0 Å². The van der Waals surface area contributed by atoms with Crippen LogP contribution in [0.3, 0.4) is 0 Å². The minimum Gasteiger partial charge on any atom is -0.295 e. The Kier molecular flexibility index (Phi) is 3.77. The van der Waals surface area contributed by atoms with Crippen LogP contribution in [0.1, 0.15) is 12.5 Å². The van der Waals surface area contributed by atoms with Gasteiger partial charge in [0.15, 0.2) is 5.78 Å². The van der Waals surface area contributed by atoms with Crippen LogP contribution in [0.25, 0.3) is 4.91 Å². The number of allylic oxidation sites excluding steroid dienone is 1. The highest BCUT2D eigenvalue weighted by Crippen LogP contribution is 2.24. The number of hydrogen-bond acceptors (Lipinski definition) is 2. The molecule has 0 saturated heterocycles. The molecule has 2 heteroatoms. The molecule has 0 heterocycles. The van der Waals surface area contributed by atoms with Crippen LogP contribution in [0.5, 0.6) is 0 Å². The fourth-order valence-electron chi connectivity index (χ4n) is 1.05. The number of rotatable bonds is 3. The van der Waals surface area contributed by atoms with E-state index in [9.17, 15) is 4.79 Å². The van der Waals surface area contributed by atoms with Crippen LogP contribution in [-0.2, 0) is 4.79 Å². The second-order valence-electron chi connectivity index (χ2n) is 2.69. The van der Waals surface area contributed by atoms with Gasteiger partial charge in [0.2, 0.25) is 0 Å². The molecule has 1 aromatic carbocycles. The van der Waals surface area contributed by atoms with Crippen molar-refractivity contribution in [2.45, 2.75) is 6.92 Å². The van der Waals surface area contributed by atoms with Crippen LogP contribution in [0, 0.1) is 0 Å². The van der Waals surface area contributed by atoms with Gasteiger partial charge in [0, 0.05) is 4.91 Å². The average Bonchev–Trinajstić information content (AvgIpc) is 2.15. The van der Waals surface area contributed by atoms with Crippen LogP contribution in [-0.4, -0.2) is 12.0 Å². The van der Waals surface area contributed by atoms with Gasteiger partial charge in [0.05, 0.1) is 0 Å². The Morgan fingerprint density at radius 3 is 2.38 bits per heavy atom. The summed E-state index contributed by atoms with van der Waals surface area (Å²) in [4.78, 5) is 11.9. The molecule has 1 rings (SSSR count). The molecule has 0 aliphatic heterocycles. The van der Waals surface area contributed by atoms with Crippen molar-refractivity contribution in [3.05, 3.63) is 42.0 Å². The molecular weight excluding hydrogens is 180 g/mol. The quantitative estimate of drug-likeness (QED) is 0.685. The van der Waals surface area contributed by atoms with Crippen molar-refractivity contribution in [2.75, 3.05) is 6.26 Å². The molecule has 0 unspecified atom stereocenters. The van der Waals surface area contributed by atoms with E-state index in [1.807, 2.05) is 36.6 Å². The van der Waals surface area contributed by atoms with E-state index in [0.717, 1.165) is 10.5 Å². The Balaban J connectivity index is 2.98. The van der Waals surface area contributed by atoms with Crippen molar-refractivity contribution < 1.29 is 4.79 Å². The van der Waals surface area contributed by atoms with Gasteiger partial charge in [-0.1, -0.05) is 30.3 Å². The molecule has 13 heavy (non-hydrogen) atoms. The first-order valence-electron chi connectivity index (χ1n) is 4.05. The molecule has 0 bridgehead atoms. The molecule has 68 valence electrons. The van der Waals surface area contributed by atoms with Gasteiger partial charge in [-0.05, 0) is 24.8 Å². The molecule has 0 fully saturated rings. The van der Waals surface area contributed by atoms with Crippen LogP contribution in [0.15, 0.2) is 36.4 Å². The molecule has 0 saturated carbocycles. The third-order valence-electron chi connectivity index (χ3n) is 1.61. The van der Waals surface area contributed by atoms with Crippen molar-refractivity contribution in [3.63, 3.8) is 0 Å². The van der Waals surface area contributed by atoms with Gasteiger partial charge in [0.25, 0.3) is 0 Å². The lowest BCUT2D eigenvalue weighted by atomic mass is 10.2. The van der Waals surface area contributed by atoms with Gasteiger partial charge in [-0.2, -0.15) is 0 Å². The maximum atomic E-state index is 10.9. The predicted molar refractivity (Wildman–Crippen MR) is 58.6 cm³/mol. The molecular formula is C11H12OS. The average molecular weight is 192 g/mol. The summed E-state index contributed by atoms with van der Waals surface area (Å²) in [5.41, 5.74) is 1.10. The van der Waals surface area contributed by atoms with E-state index in [4.69, 9.17) is 0 Å². The van der Waals surface area contributed by atoms with E-state index >= 15 is 0 Å². The normalized spacial score (nSPS) is 11.4. The number of carbonyl (C=O) groups is 1. The van der Waals surface area contributed by atoms with Gasteiger partial charge in [-0.25, -0.2) is 0 Å². The number of benzene rings is 1. The van der Waals surface area contributed by atoms with Crippen LogP contribution >= 0.6 is 11.8 Å². The molecule has 0 radical (unpaired) electrons. The highest BCUT2D eigenvalue weighted by atomic mass is 32.2. The van der Waals surface area contributed by atoms with Crippen LogP contribution < -0.4 is 0 Å². The monoisotopic (exact) mass is 192 g/mol. The Labute approximate surface area is 82.9 Å². The number of carbonyl (C=O) groups excluding carboxylic acids is 1. The van der Waals surface area contributed by atoms with Gasteiger partial charge < -0.3 is 0 Å². The number of ketones is 1. The van der Waals surface area contributed by atoms with Crippen molar-refractivity contribution in [2.24, 2.45) is 0 Å². The summed E-state index contributed by atoms with van der Waals surface area (Å²) in [6, 6.07) is 9.92. The van der Waals surface area contributed by atoms with E-state index in [1.165, 1.54) is 0 Å². The zero-order valence-electron chi connectivity index (χ0n) is 7.78. The Bertz CT molecular complexity index is 314. The Morgan fingerprint density at radius 1 is 1.31 bits per heavy atom. The minimum atomic E-state index is 0.0909. The summed E-state index contributed by atoms with van der Waals surface area (Å²) in [5, 5.41) is 0. The van der Waals surface area contributed by atoms with Crippen LogP contribution in [0.2, 0.25) is 0 Å². The highest BCUT2D eigenvalue weighted by molar-refractivity contribution is 8.07. The van der Waals surface area contributed by atoms with Gasteiger partial charge in [-0.15, -0.1) is 11.8 Å². The van der Waals surface area contributed by atoms with Crippen LogP contribution in [0.4, 0.5) is 0 Å². The lowest BCUT2D eigenvalue weighted by Gasteiger charge is -2.02. The maximum Gasteiger partial charge on any atom is 0.153 e. The molecule has 0 atom stereocenters. The molecule has 0 N–H and O–H groups in total. The lowest BCUT2D eigenvalue weighted by Crippen LogP contribution is -1.85. The fraction of sp³-hybridized carbons (Fsp3) is 0.182. The zero-order chi connectivity index (χ0) is 9.68. The molecule has 0 aliphatic rings. The van der Waals surface area contributed by atoms with Crippen molar-refractivity contribution >= 4 is 22.5 Å². The molecule has 0 spiro atoms. The molecule has 1 aromatic rings. The summed E-state index contributed by atoms with van der Waals surface area (Å²) < 4.78 is 0. The van der Waals surface area contributed by atoms with Gasteiger partial charge >= 0.3 is 0 Å². The summed E-state index contributed by atoms with van der Waals surface area (Å²) in [7, 11) is 0. The van der Waals surface area contributed by atoms with E-state index in [2.05, 4.69) is 0 Å². The summed E-state index contributed by atoms with van der Waals surface area (Å²) in [6.45, 7) is 1.57. The number of hydrogen-bond donors (Lipinski definition) is 0. The second-order valence-corrected chi connectivity index (χ2v) is 3.54. The Morgan fingerprint density at radius 2 is 1.92 bits per heavy atom. The molecule has 1 nitrogen and oxygen atoms in total. The van der Waals surface area contributed by atoms with Crippen molar-refractivity contribution in [1.29, 1.82) is 0 Å². The van der Waals surface area contributed by atoms with Crippen molar-refractivity contribution in [1.82, 2.24) is 0 Å². The lowest BCUT2D eigenvalue weighted by molar-refractivity contribution is -0.112. The minimum absolute atomic E-state index is 0.0909. The third-order valence-corrected chi connectivity index (χ3v) is 2.41. The largest absolute Gasteiger partial charge is 0.295 e. The summed E-state index contributed by atoms with van der Waals surface area (Å²) in [5.74, 6) is 0.0909. The highest BCUT2D eigenvalue weighted by Gasteiger charge is 1.99. The topological polar surface area (TPSA) is 17.1 Å². The van der Waals surface area contributed by atoms with E-state index in [1.54, 1.807) is 24.8 Å². The van der Waals surface area contributed by atoms with E-state index in [0.29, 0.717) is 0 Å². The SMILES string of the molecule is CS/C(=C\C(C)=O)c1ccccc1. The Hall–Kier alpha value is -1.02. The van der Waals surface area contributed by atoms with E-state index in [-0.39, 0.29) is 5.78 Å². The summed E-state index contributed by atoms with van der Waals surface area (Å²) in [6.07, 6.45) is 3.64. The fourth-order valence-corrected chi connectivity index (χ4v) is 1.70. The third kappa shape index (κ3) is 3.07. The molecule has 0 aliphatic carbocycles. The van der Waals surface area contributed by atoms with Crippen molar-refractivity contribution in [3.8, 4) is 0 Å². The predicted octanol–water partition coefficient (Wildman–Crippen LogP) is 2.98. The first kappa shape index (κ1) is 10.1. The maximum absolute atomic E-state index is 10.9.